The first-order valence-electron chi connectivity index (χ1n) is 3.24. The minimum Gasteiger partial charge on any atom is -0.344 e. The molecule has 2 rings (SSSR count). The summed E-state index contributed by atoms with van der Waals surface area (Å²) in [5.74, 6) is -1.70. The molecule has 0 saturated carbocycles. The van der Waals surface area contributed by atoms with E-state index in [1.807, 2.05) is 0 Å². The number of pyridine rings is 1. The second kappa shape index (κ2) is 3.20. The Labute approximate surface area is 72.6 Å². The van der Waals surface area contributed by atoms with Crippen molar-refractivity contribution >= 4 is 11.8 Å². The molecule has 1 aliphatic heterocycles. The van der Waals surface area contributed by atoms with Crippen LogP contribution in [-0.4, -0.2) is 16.8 Å². The third kappa shape index (κ3) is 1.47. The van der Waals surface area contributed by atoms with E-state index in [9.17, 15) is 9.59 Å². The fourth-order valence-electron chi connectivity index (χ4n) is 0.863. The molecule has 0 fully saturated rings. The Kier molecular flexibility index (Phi) is 2.25. The van der Waals surface area contributed by atoms with Crippen molar-refractivity contribution in [3.63, 3.8) is 0 Å². The molecule has 1 aromatic heterocycles. The molecule has 6 heteroatoms. The predicted molar refractivity (Wildman–Crippen MR) is 41.6 cm³/mol. The molecule has 1 aliphatic rings. The number of amides is 2. The van der Waals surface area contributed by atoms with Gasteiger partial charge in [0.2, 0.25) is 0 Å². The monoisotopic (exact) mass is 178 g/mol. The lowest BCUT2D eigenvalue weighted by atomic mass is 10.4. The maximum atomic E-state index is 10.7. The van der Waals surface area contributed by atoms with Crippen LogP contribution in [0.4, 0.5) is 0 Å². The van der Waals surface area contributed by atoms with E-state index in [1.54, 1.807) is 12.1 Å². The number of rotatable bonds is 0. The van der Waals surface area contributed by atoms with Crippen molar-refractivity contribution < 1.29 is 9.59 Å². The van der Waals surface area contributed by atoms with Crippen LogP contribution in [0.2, 0.25) is 0 Å². The highest BCUT2D eigenvalue weighted by Crippen LogP contribution is 1.82. The van der Waals surface area contributed by atoms with Crippen LogP contribution < -0.4 is 17.0 Å². The highest BCUT2D eigenvalue weighted by molar-refractivity contribution is 6.36. The minimum atomic E-state index is -0.860. The van der Waals surface area contributed by atoms with Crippen molar-refractivity contribution in [2.75, 3.05) is 0 Å². The fraction of sp³-hybridized carbons (Fsp3) is 0. The maximum absolute atomic E-state index is 10.7. The predicted octanol–water partition coefficient (Wildman–Crippen LogP) is -1.45. The van der Waals surface area contributed by atoms with Gasteiger partial charge in [-0.1, -0.05) is 0 Å². The molecular weight excluding hydrogens is 172 g/mol. The van der Waals surface area contributed by atoms with Crippen molar-refractivity contribution in [3.05, 3.63) is 29.2 Å². The van der Waals surface area contributed by atoms with Crippen LogP contribution in [0.1, 0.15) is 0 Å². The molecule has 0 aromatic carbocycles. The van der Waals surface area contributed by atoms with Crippen molar-refractivity contribution in [1.82, 2.24) is 11.1 Å². The topological polar surface area (TPSA) is 107 Å². The molecular formula is C7H6N4O2. The third-order valence-corrected chi connectivity index (χ3v) is 1.38. The summed E-state index contributed by atoms with van der Waals surface area (Å²) in [6, 6.07) is 3.21. The number of aromatic nitrogens is 1. The van der Waals surface area contributed by atoms with Gasteiger partial charge in [0.1, 0.15) is 5.36 Å². The van der Waals surface area contributed by atoms with Crippen LogP contribution >= 0.6 is 0 Å². The van der Waals surface area contributed by atoms with Gasteiger partial charge in [-0.05, 0) is 12.1 Å². The zero-order chi connectivity index (χ0) is 8.55. The van der Waals surface area contributed by atoms with Gasteiger partial charge >= 0.3 is 11.8 Å². The van der Waals surface area contributed by atoms with E-state index in [2.05, 4.69) is 15.0 Å². The zero-order valence-corrected chi connectivity index (χ0v) is 6.60. The lowest BCUT2D eigenvalue weighted by Crippen LogP contribution is -2.36. The average molecular weight is 178 g/mol. The Morgan fingerprint density at radius 1 is 1.08 bits per heavy atom. The first-order valence-corrected chi connectivity index (χ1v) is 3.24. The van der Waals surface area contributed by atoms with E-state index in [-0.39, 0.29) is 11.6 Å². The van der Waals surface area contributed by atoms with Gasteiger partial charge in [-0.25, -0.2) is 9.98 Å². The fourth-order valence-corrected chi connectivity index (χ4v) is 0.863. The third-order valence-electron chi connectivity index (χ3n) is 1.38. The lowest BCUT2D eigenvalue weighted by Gasteiger charge is -1.93. The first-order chi connectivity index (χ1) is 5.77. The Bertz CT molecular complexity index is 435. The van der Waals surface area contributed by atoms with Crippen LogP contribution in [0.15, 0.2) is 28.3 Å². The minimum absolute atomic E-state index is 0. The summed E-state index contributed by atoms with van der Waals surface area (Å²) in [5.41, 5.74) is 0.210. The molecule has 0 bridgehead atoms. The highest BCUT2D eigenvalue weighted by Gasteiger charge is 2.14. The van der Waals surface area contributed by atoms with Crippen molar-refractivity contribution in [2.24, 2.45) is 9.98 Å². The number of hydrogen-bond donors (Lipinski definition) is 1. The maximum Gasteiger partial charge on any atom is 0.339 e. The Morgan fingerprint density at radius 2 is 1.77 bits per heavy atom. The Hall–Kier alpha value is -1.95. The second-order valence-corrected chi connectivity index (χ2v) is 2.18. The largest absolute Gasteiger partial charge is 0.344 e. The Balaban J connectivity index is 0.000000845. The van der Waals surface area contributed by atoms with Gasteiger partial charge in [0.15, 0.2) is 5.49 Å². The molecule has 2 amide bonds. The second-order valence-electron chi connectivity index (χ2n) is 2.18. The van der Waals surface area contributed by atoms with E-state index < -0.39 is 11.8 Å². The van der Waals surface area contributed by atoms with Crippen LogP contribution in [0.5, 0.6) is 0 Å². The number of carbonyl (C=O) groups excluding carboxylic acids is 2. The quantitative estimate of drug-likeness (QED) is 0.490. The van der Waals surface area contributed by atoms with E-state index in [4.69, 9.17) is 0 Å². The zero-order valence-electron chi connectivity index (χ0n) is 6.60. The summed E-state index contributed by atoms with van der Waals surface area (Å²) in [4.78, 5) is 32.1. The first kappa shape index (κ1) is 9.14. The van der Waals surface area contributed by atoms with Crippen molar-refractivity contribution in [3.8, 4) is 0 Å². The number of nitrogens with zero attached hydrogens (tertiary/aromatic N) is 3. The molecule has 6 nitrogen and oxygen atoms in total. The van der Waals surface area contributed by atoms with Gasteiger partial charge in [0.05, 0.1) is 0 Å². The van der Waals surface area contributed by atoms with Crippen LogP contribution in [0.3, 0.4) is 0 Å². The summed E-state index contributed by atoms with van der Waals surface area (Å²) in [7, 11) is 0. The van der Waals surface area contributed by atoms with Crippen LogP contribution in [0, 0.1) is 0 Å². The van der Waals surface area contributed by atoms with Gasteiger partial charge in [0.25, 0.3) is 0 Å². The van der Waals surface area contributed by atoms with E-state index in [0.29, 0.717) is 5.36 Å². The van der Waals surface area contributed by atoms with Crippen molar-refractivity contribution in [2.45, 2.75) is 0 Å². The number of carbonyl (C=O) groups is 2. The van der Waals surface area contributed by atoms with E-state index >= 15 is 0 Å². The molecule has 0 unspecified atom stereocenters. The van der Waals surface area contributed by atoms with Crippen molar-refractivity contribution in [1.29, 1.82) is 0 Å². The molecule has 0 atom stereocenters. The molecule has 0 saturated heterocycles. The summed E-state index contributed by atoms with van der Waals surface area (Å²) in [5, 5.41) is 0.349. The molecule has 0 radical (unpaired) electrons. The normalized spacial score (nSPS) is 13.5. The average Bonchev–Trinajstić information content (AvgIpc) is 2.07. The van der Waals surface area contributed by atoms with Gasteiger partial charge < -0.3 is 6.15 Å². The smallest absolute Gasteiger partial charge is 0.339 e. The Morgan fingerprint density at radius 3 is 2.54 bits per heavy atom. The summed E-state index contributed by atoms with van der Waals surface area (Å²) in [6.45, 7) is 0. The van der Waals surface area contributed by atoms with Crippen LogP contribution in [0.25, 0.3) is 0 Å². The summed E-state index contributed by atoms with van der Waals surface area (Å²) in [6.07, 6.45) is 1.49. The molecule has 13 heavy (non-hydrogen) atoms. The summed E-state index contributed by atoms with van der Waals surface area (Å²) >= 11 is 0. The summed E-state index contributed by atoms with van der Waals surface area (Å²) < 4.78 is 0. The molecule has 0 aliphatic carbocycles. The number of fused-ring (bicyclic) bond motifs is 1. The molecule has 0 spiro atoms. The van der Waals surface area contributed by atoms with E-state index in [1.165, 1.54) is 6.20 Å². The van der Waals surface area contributed by atoms with Gasteiger partial charge in [-0.2, -0.15) is 4.99 Å². The van der Waals surface area contributed by atoms with Gasteiger partial charge in [0, 0.05) is 6.20 Å². The molecule has 1 aromatic rings. The van der Waals surface area contributed by atoms with Crippen LogP contribution in [-0.2, 0) is 9.59 Å². The van der Waals surface area contributed by atoms with E-state index in [0.717, 1.165) is 0 Å². The lowest BCUT2D eigenvalue weighted by molar-refractivity contribution is -0.135. The number of hydrogen-bond acceptors (Lipinski definition) is 4. The molecule has 3 N–H and O–H groups in total. The standard InChI is InChI=1S/C7H3N3O2.H3N/c11-6-7(12)10-5-4(9-6)2-1-3-8-5;/h1-3H;1H3. The highest BCUT2D eigenvalue weighted by atomic mass is 16.2. The SMILES string of the molecule is N.O=C1N=c2cccnc2=NC1=O. The molecule has 66 valence electrons. The molecule has 2 heterocycles. The van der Waals surface area contributed by atoms with Gasteiger partial charge in [-0.3, -0.25) is 9.59 Å². The van der Waals surface area contributed by atoms with Gasteiger partial charge in [-0.15, -0.1) is 0 Å².